The number of thioether (sulfide) groups is 1. The smallest absolute Gasteiger partial charge is 0.262 e. The SMILES string of the molecule is CCCCn1c(CSc2nc3ccccc3c(=O)n2C(C)C)nc2cc(S(N)(=O)=O)ccc21. The average molecular weight is 486 g/mol. The highest BCUT2D eigenvalue weighted by molar-refractivity contribution is 7.98. The monoisotopic (exact) mass is 485 g/mol. The van der Waals surface area contributed by atoms with Crippen molar-refractivity contribution < 1.29 is 8.42 Å². The second-order valence-electron chi connectivity index (χ2n) is 8.20. The van der Waals surface area contributed by atoms with Crippen molar-refractivity contribution in [3.05, 3.63) is 58.6 Å². The Hall–Kier alpha value is -2.69. The van der Waals surface area contributed by atoms with E-state index in [0.717, 1.165) is 30.7 Å². The zero-order chi connectivity index (χ0) is 23.8. The lowest BCUT2D eigenvalue weighted by atomic mass is 10.2. The number of primary sulfonamides is 1. The number of hydrogen-bond donors (Lipinski definition) is 1. The zero-order valence-corrected chi connectivity index (χ0v) is 20.5. The van der Waals surface area contributed by atoms with Crippen molar-refractivity contribution in [2.75, 3.05) is 0 Å². The van der Waals surface area contributed by atoms with Gasteiger partial charge in [0.25, 0.3) is 5.56 Å². The molecule has 0 bridgehead atoms. The first-order valence-electron chi connectivity index (χ1n) is 10.9. The first kappa shape index (κ1) is 23.5. The maximum Gasteiger partial charge on any atom is 0.262 e. The summed E-state index contributed by atoms with van der Waals surface area (Å²) in [5.74, 6) is 1.29. The lowest BCUT2D eigenvalue weighted by Gasteiger charge is -2.16. The average Bonchev–Trinajstić information content (AvgIpc) is 3.12. The third-order valence-electron chi connectivity index (χ3n) is 5.48. The van der Waals surface area contributed by atoms with Gasteiger partial charge in [-0.05, 0) is 50.6 Å². The Balaban J connectivity index is 1.77. The molecular formula is C23H27N5O3S2. The Morgan fingerprint density at radius 3 is 2.55 bits per heavy atom. The van der Waals surface area contributed by atoms with Gasteiger partial charge in [0.05, 0.1) is 32.6 Å². The molecule has 0 saturated carbocycles. The van der Waals surface area contributed by atoms with Crippen LogP contribution in [0.15, 0.2) is 57.3 Å². The van der Waals surface area contributed by atoms with Gasteiger partial charge in [0.1, 0.15) is 5.82 Å². The van der Waals surface area contributed by atoms with E-state index in [9.17, 15) is 13.2 Å². The number of imidazole rings is 1. The van der Waals surface area contributed by atoms with E-state index < -0.39 is 10.0 Å². The van der Waals surface area contributed by atoms with Gasteiger partial charge >= 0.3 is 0 Å². The summed E-state index contributed by atoms with van der Waals surface area (Å²) in [7, 11) is -3.81. The van der Waals surface area contributed by atoms with Crippen LogP contribution in [0, 0.1) is 0 Å². The van der Waals surface area contributed by atoms with Crippen molar-refractivity contribution in [2.24, 2.45) is 5.14 Å². The lowest BCUT2D eigenvalue weighted by Crippen LogP contribution is -2.25. The summed E-state index contributed by atoms with van der Waals surface area (Å²) in [6.07, 6.45) is 1.98. The quantitative estimate of drug-likeness (QED) is 0.297. The van der Waals surface area contributed by atoms with Crippen LogP contribution < -0.4 is 10.7 Å². The summed E-state index contributed by atoms with van der Waals surface area (Å²) in [5, 5.41) is 6.54. The molecule has 4 aromatic rings. The molecular weight excluding hydrogens is 458 g/mol. The number of rotatable bonds is 8. The Morgan fingerprint density at radius 1 is 1.09 bits per heavy atom. The number of para-hydroxylation sites is 1. The van der Waals surface area contributed by atoms with Crippen molar-refractivity contribution in [2.45, 2.75) is 62.0 Å². The molecule has 0 amide bonds. The number of fused-ring (bicyclic) bond motifs is 2. The minimum Gasteiger partial charge on any atom is -0.327 e. The summed E-state index contributed by atoms with van der Waals surface area (Å²) in [4.78, 5) is 22.6. The van der Waals surface area contributed by atoms with E-state index >= 15 is 0 Å². The maximum absolute atomic E-state index is 13.1. The lowest BCUT2D eigenvalue weighted by molar-refractivity contribution is 0.518. The normalized spacial score (nSPS) is 12.3. The molecule has 0 saturated heterocycles. The Labute approximate surface area is 196 Å². The number of nitrogens with zero attached hydrogens (tertiary/aromatic N) is 4. The topological polar surface area (TPSA) is 113 Å². The van der Waals surface area contributed by atoms with E-state index in [1.165, 1.54) is 23.9 Å². The molecule has 2 aromatic carbocycles. The third-order valence-corrected chi connectivity index (χ3v) is 7.34. The van der Waals surface area contributed by atoms with Crippen molar-refractivity contribution in [1.82, 2.24) is 19.1 Å². The molecule has 8 nitrogen and oxygen atoms in total. The highest BCUT2D eigenvalue weighted by atomic mass is 32.2. The van der Waals surface area contributed by atoms with Gasteiger partial charge in [-0.1, -0.05) is 37.2 Å². The summed E-state index contributed by atoms with van der Waals surface area (Å²) < 4.78 is 27.4. The van der Waals surface area contributed by atoms with Gasteiger partial charge in [-0.3, -0.25) is 9.36 Å². The molecule has 0 fully saturated rings. The number of unbranched alkanes of at least 4 members (excludes halogenated alkanes) is 1. The number of aryl methyl sites for hydroxylation is 1. The standard InChI is InChI=1S/C23H27N5O3S2/c1-4-5-12-27-20-11-10-16(33(24,30)31)13-19(20)25-21(27)14-32-23-26-18-9-7-6-8-17(18)22(29)28(23)15(2)3/h6-11,13,15H,4-5,12,14H2,1-3H3,(H2,24,30,31). The van der Waals surface area contributed by atoms with Gasteiger partial charge in [0, 0.05) is 12.6 Å². The Bertz CT molecular complexity index is 1490. The number of hydrogen-bond acceptors (Lipinski definition) is 6. The van der Waals surface area contributed by atoms with Crippen LogP contribution in [0.2, 0.25) is 0 Å². The molecule has 4 rings (SSSR count). The van der Waals surface area contributed by atoms with Gasteiger partial charge in [-0.2, -0.15) is 0 Å². The fourth-order valence-electron chi connectivity index (χ4n) is 3.82. The van der Waals surface area contributed by atoms with Crippen LogP contribution in [0.25, 0.3) is 21.9 Å². The van der Waals surface area contributed by atoms with Gasteiger partial charge in [0.2, 0.25) is 10.0 Å². The maximum atomic E-state index is 13.1. The molecule has 2 heterocycles. The summed E-state index contributed by atoms with van der Waals surface area (Å²) >= 11 is 1.46. The zero-order valence-electron chi connectivity index (χ0n) is 18.9. The molecule has 0 aliphatic carbocycles. The van der Waals surface area contributed by atoms with E-state index in [0.29, 0.717) is 27.3 Å². The van der Waals surface area contributed by atoms with E-state index in [1.807, 2.05) is 32.0 Å². The second kappa shape index (κ2) is 9.28. The van der Waals surface area contributed by atoms with E-state index in [1.54, 1.807) is 16.7 Å². The largest absolute Gasteiger partial charge is 0.327 e. The minimum absolute atomic E-state index is 0.0409. The van der Waals surface area contributed by atoms with Gasteiger partial charge in [-0.25, -0.2) is 23.5 Å². The molecule has 0 unspecified atom stereocenters. The van der Waals surface area contributed by atoms with E-state index in [4.69, 9.17) is 15.1 Å². The molecule has 33 heavy (non-hydrogen) atoms. The summed E-state index contributed by atoms with van der Waals surface area (Å²) in [6.45, 7) is 6.81. The van der Waals surface area contributed by atoms with Crippen LogP contribution in [0.3, 0.4) is 0 Å². The van der Waals surface area contributed by atoms with Gasteiger partial charge in [-0.15, -0.1) is 0 Å². The summed E-state index contributed by atoms with van der Waals surface area (Å²) in [5.41, 5.74) is 2.05. The third kappa shape index (κ3) is 4.68. The second-order valence-corrected chi connectivity index (χ2v) is 10.7. The number of benzene rings is 2. The highest BCUT2D eigenvalue weighted by Gasteiger charge is 2.18. The number of nitrogens with two attached hydrogens (primary N) is 1. The molecule has 174 valence electrons. The first-order valence-corrected chi connectivity index (χ1v) is 13.4. The van der Waals surface area contributed by atoms with Gasteiger partial charge < -0.3 is 4.57 Å². The van der Waals surface area contributed by atoms with Crippen molar-refractivity contribution >= 4 is 43.7 Å². The van der Waals surface area contributed by atoms with Gasteiger partial charge in [0.15, 0.2) is 5.16 Å². The molecule has 0 radical (unpaired) electrons. The predicted molar refractivity (Wildman–Crippen MR) is 132 cm³/mol. The van der Waals surface area contributed by atoms with Crippen LogP contribution in [0.5, 0.6) is 0 Å². The van der Waals surface area contributed by atoms with Crippen molar-refractivity contribution in [1.29, 1.82) is 0 Å². The Morgan fingerprint density at radius 2 is 1.85 bits per heavy atom. The predicted octanol–water partition coefficient (Wildman–Crippen LogP) is 4.07. The first-order chi connectivity index (χ1) is 15.7. The highest BCUT2D eigenvalue weighted by Crippen LogP contribution is 2.27. The van der Waals surface area contributed by atoms with Crippen molar-refractivity contribution in [3.63, 3.8) is 0 Å². The van der Waals surface area contributed by atoms with Crippen LogP contribution in [-0.4, -0.2) is 27.5 Å². The fourth-order valence-corrected chi connectivity index (χ4v) is 5.43. The van der Waals surface area contributed by atoms with Crippen molar-refractivity contribution in [3.8, 4) is 0 Å². The van der Waals surface area contributed by atoms with Crippen LogP contribution >= 0.6 is 11.8 Å². The molecule has 2 aromatic heterocycles. The van der Waals surface area contributed by atoms with E-state index in [2.05, 4.69) is 11.5 Å². The van der Waals surface area contributed by atoms with Crippen LogP contribution in [0.1, 0.15) is 45.5 Å². The van der Waals surface area contributed by atoms with Crippen LogP contribution in [-0.2, 0) is 22.3 Å². The molecule has 0 atom stereocenters. The number of aromatic nitrogens is 4. The number of sulfonamides is 1. The molecule has 10 heteroatoms. The molecule has 0 aliphatic heterocycles. The van der Waals surface area contributed by atoms with Crippen LogP contribution in [0.4, 0.5) is 0 Å². The molecule has 0 spiro atoms. The van der Waals surface area contributed by atoms with E-state index in [-0.39, 0.29) is 16.5 Å². The summed E-state index contributed by atoms with van der Waals surface area (Å²) in [6, 6.07) is 12.1. The molecule has 0 aliphatic rings. The Kier molecular flexibility index (Phi) is 6.60. The fraction of sp³-hybridized carbons (Fsp3) is 0.348. The minimum atomic E-state index is -3.81. The molecule has 2 N–H and O–H groups in total.